The zero-order valence-corrected chi connectivity index (χ0v) is 15.3. The lowest BCUT2D eigenvalue weighted by Gasteiger charge is -2.31. The van der Waals surface area contributed by atoms with Crippen molar-refractivity contribution in [3.05, 3.63) is 66.2 Å². The molecular weight excluding hydrogens is 340 g/mol. The Labute approximate surface area is 159 Å². The van der Waals surface area contributed by atoms with Crippen LogP contribution in [-0.4, -0.2) is 28.1 Å². The van der Waals surface area contributed by atoms with E-state index < -0.39 is 0 Å². The molecule has 0 aliphatic heterocycles. The summed E-state index contributed by atoms with van der Waals surface area (Å²) in [6.07, 6.45) is 0.862. The van der Waals surface area contributed by atoms with E-state index in [0.717, 1.165) is 17.7 Å². The van der Waals surface area contributed by atoms with Crippen LogP contribution in [0.2, 0.25) is 0 Å². The molecule has 1 atom stereocenters. The molecule has 0 amide bonds. The third-order valence-corrected chi connectivity index (χ3v) is 4.21. The number of nitrogen functional groups attached to an aromatic ring is 2. The Morgan fingerprint density at radius 3 is 2.07 bits per heavy atom. The lowest BCUT2D eigenvalue weighted by atomic mass is 10.0. The monoisotopic (exact) mass is 364 g/mol. The predicted molar refractivity (Wildman–Crippen MR) is 107 cm³/mol. The van der Waals surface area contributed by atoms with Gasteiger partial charge in [-0.15, -0.1) is 0 Å². The highest BCUT2D eigenvalue weighted by molar-refractivity contribution is 5.43. The highest BCUT2D eigenvalue weighted by atomic mass is 16.5. The fraction of sp³-hybridized carbons (Fsp3) is 0.250. The number of anilines is 3. The third-order valence-electron chi connectivity index (χ3n) is 4.21. The second-order valence-corrected chi connectivity index (χ2v) is 6.04. The van der Waals surface area contributed by atoms with Crippen LogP contribution in [0.4, 0.5) is 17.8 Å². The van der Waals surface area contributed by atoms with E-state index in [2.05, 4.69) is 38.9 Å². The van der Waals surface area contributed by atoms with E-state index in [1.807, 2.05) is 48.5 Å². The van der Waals surface area contributed by atoms with Crippen LogP contribution >= 0.6 is 0 Å². The smallest absolute Gasteiger partial charge is 0.232 e. The zero-order valence-electron chi connectivity index (χ0n) is 15.3. The quantitative estimate of drug-likeness (QED) is 0.633. The van der Waals surface area contributed by atoms with E-state index in [0.29, 0.717) is 19.1 Å². The van der Waals surface area contributed by atoms with Gasteiger partial charge >= 0.3 is 0 Å². The van der Waals surface area contributed by atoms with E-state index in [9.17, 15) is 0 Å². The van der Waals surface area contributed by atoms with Gasteiger partial charge in [0.25, 0.3) is 0 Å². The molecule has 27 heavy (non-hydrogen) atoms. The molecule has 0 unspecified atom stereocenters. The number of benzene rings is 2. The van der Waals surface area contributed by atoms with E-state index in [-0.39, 0.29) is 17.9 Å². The molecule has 0 bridgehead atoms. The molecule has 0 saturated heterocycles. The fourth-order valence-corrected chi connectivity index (χ4v) is 3.01. The molecule has 1 aromatic heterocycles. The molecular formula is C20H24N6O. The molecule has 1 heterocycles. The summed E-state index contributed by atoms with van der Waals surface area (Å²) in [4.78, 5) is 14.5. The van der Waals surface area contributed by atoms with Gasteiger partial charge in [0.2, 0.25) is 17.8 Å². The van der Waals surface area contributed by atoms with E-state index in [4.69, 9.17) is 16.2 Å². The molecule has 0 spiro atoms. The normalized spacial score (nSPS) is 11.7. The van der Waals surface area contributed by atoms with Crippen molar-refractivity contribution >= 4 is 17.8 Å². The first-order chi connectivity index (χ1) is 13.2. The summed E-state index contributed by atoms with van der Waals surface area (Å²) < 4.78 is 5.87. The van der Waals surface area contributed by atoms with Gasteiger partial charge in [0.05, 0.1) is 12.6 Å². The van der Waals surface area contributed by atoms with Crippen LogP contribution in [0.15, 0.2) is 60.7 Å². The summed E-state index contributed by atoms with van der Waals surface area (Å²) in [7, 11) is 0. The Bertz CT molecular complexity index is 823. The Hall–Kier alpha value is -3.35. The van der Waals surface area contributed by atoms with E-state index in [1.54, 1.807) is 0 Å². The van der Waals surface area contributed by atoms with Crippen LogP contribution in [0.3, 0.4) is 0 Å². The first kappa shape index (κ1) is 18.4. The molecule has 0 saturated carbocycles. The average Bonchev–Trinajstić information content (AvgIpc) is 2.68. The summed E-state index contributed by atoms with van der Waals surface area (Å²) in [5, 5.41) is 0. The number of para-hydroxylation sites is 1. The number of hydrogen-bond donors (Lipinski definition) is 2. The fourth-order valence-electron chi connectivity index (χ4n) is 3.01. The molecule has 7 nitrogen and oxygen atoms in total. The maximum atomic E-state index is 5.87. The van der Waals surface area contributed by atoms with Crippen molar-refractivity contribution in [2.45, 2.75) is 19.4 Å². The van der Waals surface area contributed by atoms with Gasteiger partial charge in [0, 0.05) is 0 Å². The van der Waals surface area contributed by atoms with Crippen LogP contribution in [0.1, 0.15) is 24.9 Å². The largest absolute Gasteiger partial charge is 0.492 e. The van der Waals surface area contributed by atoms with Gasteiger partial charge in [-0.05, 0) is 24.1 Å². The summed E-state index contributed by atoms with van der Waals surface area (Å²) >= 11 is 0. The molecule has 3 aromatic rings. The Kier molecular flexibility index (Phi) is 6.04. The molecule has 0 radical (unpaired) electrons. The lowest BCUT2D eigenvalue weighted by molar-refractivity contribution is 0.317. The van der Waals surface area contributed by atoms with Crippen molar-refractivity contribution in [2.75, 3.05) is 29.5 Å². The molecule has 7 heteroatoms. The SMILES string of the molecule is CC[C@@H](c1ccccc1)N(CCOc1ccccc1)c1nc(N)nc(N)n1. The summed E-state index contributed by atoms with van der Waals surface area (Å²) in [6, 6.07) is 20.0. The number of nitrogens with zero attached hydrogens (tertiary/aromatic N) is 4. The number of hydrogen-bond acceptors (Lipinski definition) is 7. The molecule has 0 aliphatic rings. The van der Waals surface area contributed by atoms with Crippen molar-refractivity contribution in [1.82, 2.24) is 15.0 Å². The van der Waals surface area contributed by atoms with Gasteiger partial charge in [0.15, 0.2) is 0 Å². The van der Waals surface area contributed by atoms with E-state index >= 15 is 0 Å². The zero-order chi connectivity index (χ0) is 19.1. The summed E-state index contributed by atoms with van der Waals surface area (Å²) in [6.45, 7) is 3.17. The van der Waals surface area contributed by atoms with Crippen LogP contribution in [0.5, 0.6) is 5.75 Å². The Morgan fingerprint density at radius 2 is 1.48 bits per heavy atom. The van der Waals surface area contributed by atoms with Gasteiger partial charge < -0.3 is 21.1 Å². The highest BCUT2D eigenvalue weighted by Crippen LogP contribution is 2.28. The van der Waals surface area contributed by atoms with Crippen LogP contribution in [0, 0.1) is 0 Å². The second kappa shape index (κ2) is 8.84. The Morgan fingerprint density at radius 1 is 0.889 bits per heavy atom. The van der Waals surface area contributed by atoms with Crippen molar-refractivity contribution in [3.63, 3.8) is 0 Å². The van der Waals surface area contributed by atoms with Gasteiger partial charge in [-0.3, -0.25) is 0 Å². The molecule has 140 valence electrons. The maximum absolute atomic E-state index is 5.87. The number of rotatable bonds is 8. The molecule has 3 rings (SSSR count). The minimum atomic E-state index is 0.0618. The lowest BCUT2D eigenvalue weighted by Crippen LogP contribution is -2.34. The van der Waals surface area contributed by atoms with Gasteiger partial charge in [0.1, 0.15) is 12.4 Å². The minimum absolute atomic E-state index is 0.0618. The summed E-state index contributed by atoms with van der Waals surface area (Å²) in [5.74, 6) is 1.48. The van der Waals surface area contributed by atoms with Crippen molar-refractivity contribution in [2.24, 2.45) is 0 Å². The first-order valence-corrected chi connectivity index (χ1v) is 8.94. The number of ether oxygens (including phenoxy) is 1. The van der Waals surface area contributed by atoms with Gasteiger partial charge in [-0.25, -0.2) is 0 Å². The van der Waals surface area contributed by atoms with Crippen LogP contribution < -0.4 is 21.1 Å². The topological polar surface area (TPSA) is 103 Å². The Balaban J connectivity index is 1.85. The van der Waals surface area contributed by atoms with Gasteiger partial charge in [-0.1, -0.05) is 55.5 Å². The van der Waals surface area contributed by atoms with Crippen LogP contribution in [0.25, 0.3) is 0 Å². The number of nitrogens with two attached hydrogens (primary N) is 2. The first-order valence-electron chi connectivity index (χ1n) is 8.94. The molecule has 0 aliphatic carbocycles. The average molecular weight is 364 g/mol. The van der Waals surface area contributed by atoms with E-state index in [1.165, 1.54) is 0 Å². The predicted octanol–water partition coefficient (Wildman–Crippen LogP) is 3.07. The molecule has 2 aromatic carbocycles. The standard InChI is InChI=1S/C20H24N6O/c1-2-17(15-9-5-3-6-10-15)26(20-24-18(21)23-19(22)25-20)13-14-27-16-11-7-4-8-12-16/h3-12,17H,2,13-14H2,1H3,(H4,21,22,23,24,25)/t17-/m0/s1. The number of aromatic nitrogens is 3. The van der Waals surface area contributed by atoms with Gasteiger partial charge in [-0.2, -0.15) is 15.0 Å². The van der Waals surface area contributed by atoms with Crippen molar-refractivity contribution in [3.8, 4) is 5.75 Å². The molecule has 0 fully saturated rings. The minimum Gasteiger partial charge on any atom is -0.492 e. The highest BCUT2D eigenvalue weighted by Gasteiger charge is 2.22. The maximum Gasteiger partial charge on any atom is 0.232 e. The van der Waals surface area contributed by atoms with Crippen molar-refractivity contribution < 1.29 is 4.74 Å². The van der Waals surface area contributed by atoms with Crippen molar-refractivity contribution in [1.29, 1.82) is 0 Å². The molecule has 4 N–H and O–H groups in total. The van der Waals surface area contributed by atoms with Crippen LogP contribution in [-0.2, 0) is 0 Å². The second-order valence-electron chi connectivity index (χ2n) is 6.04. The third kappa shape index (κ3) is 4.84. The summed E-state index contributed by atoms with van der Waals surface area (Å²) in [5.41, 5.74) is 12.8.